The summed E-state index contributed by atoms with van der Waals surface area (Å²) in [6.07, 6.45) is 7.18. The largest absolute Gasteiger partial charge is 0.492 e. The Morgan fingerprint density at radius 1 is 1.31 bits per heavy atom. The fourth-order valence-corrected chi connectivity index (χ4v) is 5.26. The van der Waals surface area contributed by atoms with Gasteiger partial charge in [-0.05, 0) is 57.5 Å². The Kier molecular flexibility index (Phi) is 7.87. The fraction of sp³-hybridized carbons (Fsp3) is 0.500. The Balaban J connectivity index is 2.15. The van der Waals surface area contributed by atoms with Crippen LogP contribution >= 0.6 is 0 Å². The Hall–Kier alpha value is -1.63. The monoisotopic (exact) mass is 377 g/mol. The second kappa shape index (κ2) is 9.90. The van der Waals surface area contributed by atoms with Crippen molar-refractivity contribution >= 4 is 21.8 Å². The lowest BCUT2D eigenvalue weighted by Crippen LogP contribution is -2.46. The third-order valence-corrected chi connectivity index (χ3v) is 6.91. The van der Waals surface area contributed by atoms with Crippen LogP contribution in [-0.4, -0.2) is 45.8 Å². The van der Waals surface area contributed by atoms with Crippen LogP contribution < -0.4 is 10.5 Å². The SMILES string of the molecule is C=S(=O)(C(=C/C)/N=C\C)N(CCOc1ccccc1)C1CCC(N)CC1. The first kappa shape index (κ1) is 20.7. The number of ether oxygens (including phenoxy) is 1. The van der Waals surface area contributed by atoms with Crippen molar-refractivity contribution < 1.29 is 8.95 Å². The molecule has 1 aliphatic carbocycles. The van der Waals surface area contributed by atoms with Gasteiger partial charge < -0.3 is 10.5 Å². The van der Waals surface area contributed by atoms with Crippen molar-refractivity contribution in [2.24, 2.45) is 10.7 Å². The summed E-state index contributed by atoms with van der Waals surface area (Å²) < 4.78 is 21.4. The zero-order chi connectivity index (χ0) is 19.0. The van der Waals surface area contributed by atoms with Crippen LogP contribution in [0.3, 0.4) is 0 Å². The minimum atomic E-state index is -2.67. The van der Waals surface area contributed by atoms with E-state index in [1.54, 1.807) is 12.3 Å². The molecule has 2 rings (SSSR count). The quantitative estimate of drug-likeness (QED) is 0.559. The first-order valence-electron chi connectivity index (χ1n) is 9.21. The smallest absolute Gasteiger partial charge is 0.128 e. The van der Waals surface area contributed by atoms with Gasteiger partial charge in [0.2, 0.25) is 0 Å². The van der Waals surface area contributed by atoms with Crippen LogP contribution in [0.1, 0.15) is 39.5 Å². The molecule has 1 aliphatic rings. The first-order valence-corrected chi connectivity index (χ1v) is 10.9. The van der Waals surface area contributed by atoms with Gasteiger partial charge in [0.1, 0.15) is 17.4 Å². The molecule has 1 aromatic carbocycles. The Labute approximate surface area is 158 Å². The lowest BCUT2D eigenvalue weighted by Gasteiger charge is -2.37. The van der Waals surface area contributed by atoms with E-state index in [-0.39, 0.29) is 12.1 Å². The maximum atomic E-state index is 13.6. The molecule has 1 aromatic rings. The van der Waals surface area contributed by atoms with Gasteiger partial charge in [-0.1, -0.05) is 24.3 Å². The van der Waals surface area contributed by atoms with Crippen molar-refractivity contribution in [2.75, 3.05) is 13.2 Å². The summed E-state index contributed by atoms with van der Waals surface area (Å²) in [5.41, 5.74) is 6.05. The van der Waals surface area contributed by atoms with Crippen molar-refractivity contribution in [3.8, 4) is 5.75 Å². The number of hydrogen-bond acceptors (Lipinski definition) is 4. The standard InChI is InChI=1S/C20H31N3O2S/c1-4-20(22-5-2)26(3,24)23(18-13-11-17(21)12-14-18)15-16-25-19-9-7-6-8-10-19/h4-10,17-18H,3,11-16,21H2,1-2H3/b20-4+,22-5-. The highest BCUT2D eigenvalue weighted by Crippen LogP contribution is 2.27. The van der Waals surface area contributed by atoms with E-state index in [0.717, 1.165) is 31.4 Å². The van der Waals surface area contributed by atoms with E-state index in [1.165, 1.54) is 0 Å². The molecule has 5 nitrogen and oxygen atoms in total. The molecular formula is C20H31N3O2S. The van der Waals surface area contributed by atoms with Gasteiger partial charge in [-0.25, -0.2) is 8.51 Å². The average molecular weight is 378 g/mol. The zero-order valence-corrected chi connectivity index (χ0v) is 16.7. The minimum absolute atomic E-state index is 0.182. The number of hydrogen-bond donors (Lipinski definition) is 1. The minimum Gasteiger partial charge on any atom is -0.492 e. The maximum absolute atomic E-state index is 13.6. The molecule has 1 unspecified atom stereocenters. The molecule has 0 radical (unpaired) electrons. The normalized spacial score (nSPS) is 23.9. The van der Waals surface area contributed by atoms with Crippen molar-refractivity contribution in [3.63, 3.8) is 0 Å². The van der Waals surface area contributed by atoms with Crippen LogP contribution in [0.5, 0.6) is 5.75 Å². The van der Waals surface area contributed by atoms with E-state index in [1.807, 2.05) is 48.5 Å². The number of para-hydroxylation sites is 1. The average Bonchev–Trinajstić information content (AvgIpc) is 2.65. The zero-order valence-electron chi connectivity index (χ0n) is 15.8. The molecule has 26 heavy (non-hydrogen) atoms. The second-order valence-electron chi connectivity index (χ2n) is 6.53. The first-order chi connectivity index (χ1) is 12.5. The molecule has 2 N–H and O–H groups in total. The van der Waals surface area contributed by atoms with E-state index in [9.17, 15) is 4.21 Å². The molecule has 0 aliphatic heterocycles. The van der Waals surface area contributed by atoms with Crippen molar-refractivity contribution in [1.29, 1.82) is 0 Å². The summed E-state index contributed by atoms with van der Waals surface area (Å²) in [4.78, 5) is 4.30. The molecule has 1 fully saturated rings. The Morgan fingerprint density at radius 3 is 2.54 bits per heavy atom. The van der Waals surface area contributed by atoms with Gasteiger partial charge in [0.05, 0.1) is 9.71 Å². The highest BCUT2D eigenvalue weighted by Gasteiger charge is 2.30. The van der Waals surface area contributed by atoms with Gasteiger partial charge in [0, 0.05) is 24.8 Å². The summed E-state index contributed by atoms with van der Waals surface area (Å²) in [7, 11) is -2.67. The molecule has 1 saturated carbocycles. The number of nitrogens with two attached hydrogens (primary N) is 1. The number of rotatable bonds is 8. The molecule has 144 valence electrons. The molecule has 0 bridgehead atoms. The highest BCUT2D eigenvalue weighted by atomic mass is 32.2. The predicted octanol–water partition coefficient (Wildman–Crippen LogP) is 3.22. The fourth-order valence-electron chi connectivity index (χ4n) is 3.32. The number of nitrogens with zero attached hydrogens (tertiary/aromatic N) is 2. The van der Waals surface area contributed by atoms with Gasteiger partial charge >= 0.3 is 0 Å². The summed E-state index contributed by atoms with van der Waals surface area (Å²) in [6, 6.07) is 10.1. The van der Waals surface area contributed by atoms with Gasteiger partial charge in [-0.3, -0.25) is 4.99 Å². The van der Waals surface area contributed by atoms with Crippen LogP contribution in [0.15, 0.2) is 46.4 Å². The van der Waals surface area contributed by atoms with E-state index in [0.29, 0.717) is 18.2 Å². The number of benzene rings is 1. The lowest BCUT2D eigenvalue weighted by molar-refractivity contribution is 0.210. The summed E-state index contributed by atoms with van der Waals surface area (Å²) >= 11 is 0. The summed E-state index contributed by atoms with van der Waals surface area (Å²) in [5.74, 6) is 4.88. The van der Waals surface area contributed by atoms with Gasteiger partial charge in [0.25, 0.3) is 0 Å². The molecule has 0 heterocycles. The van der Waals surface area contributed by atoms with E-state index in [2.05, 4.69) is 10.9 Å². The molecule has 6 heteroatoms. The van der Waals surface area contributed by atoms with E-state index < -0.39 is 9.71 Å². The maximum Gasteiger partial charge on any atom is 0.128 e. The van der Waals surface area contributed by atoms with Crippen molar-refractivity contribution in [2.45, 2.75) is 51.6 Å². The van der Waals surface area contributed by atoms with Gasteiger partial charge in [-0.15, -0.1) is 0 Å². The van der Waals surface area contributed by atoms with Crippen molar-refractivity contribution in [1.82, 2.24) is 4.31 Å². The second-order valence-corrected chi connectivity index (χ2v) is 8.69. The van der Waals surface area contributed by atoms with Gasteiger partial charge in [-0.2, -0.15) is 0 Å². The van der Waals surface area contributed by atoms with Crippen LogP contribution in [0, 0.1) is 0 Å². The Bertz CT molecular complexity index is 706. The molecular weight excluding hydrogens is 346 g/mol. The highest BCUT2D eigenvalue weighted by molar-refractivity contribution is 8.01. The number of allylic oxidation sites excluding steroid dienone is 1. The molecule has 0 amide bonds. The lowest BCUT2D eigenvalue weighted by atomic mass is 9.92. The van der Waals surface area contributed by atoms with Gasteiger partial charge in [0.15, 0.2) is 0 Å². The summed E-state index contributed by atoms with van der Waals surface area (Å²) in [6.45, 7) is 4.66. The van der Waals surface area contributed by atoms with Crippen LogP contribution in [0.2, 0.25) is 0 Å². The Morgan fingerprint density at radius 2 is 1.96 bits per heavy atom. The summed E-state index contributed by atoms with van der Waals surface area (Å²) in [5, 5.41) is 0.523. The van der Waals surface area contributed by atoms with Crippen molar-refractivity contribution in [3.05, 3.63) is 41.4 Å². The van der Waals surface area contributed by atoms with E-state index in [4.69, 9.17) is 10.5 Å². The molecule has 0 saturated heterocycles. The third-order valence-electron chi connectivity index (χ3n) is 4.68. The molecule has 0 spiro atoms. The molecule has 1 atom stereocenters. The molecule has 0 aromatic heterocycles. The number of aliphatic imine (C=N–C) groups is 1. The van der Waals surface area contributed by atoms with Crippen LogP contribution in [0.25, 0.3) is 0 Å². The van der Waals surface area contributed by atoms with Crippen LogP contribution in [0.4, 0.5) is 0 Å². The third kappa shape index (κ3) is 5.43. The predicted molar refractivity (Wildman–Crippen MR) is 112 cm³/mol. The topological polar surface area (TPSA) is 67.9 Å². The van der Waals surface area contributed by atoms with Crippen LogP contribution in [-0.2, 0) is 9.71 Å². The van der Waals surface area contributed by atoms with E-state index >= 15 is 0 Å².